The monoisotopic (exact) mass is 273 g/mol. The van der Waals surface area contributed by atoms with E-state index in [0.29, 0.717) is 0 Å². The number of hydrogen-bond acceptors (Lipinski definition) is 2. The average Bonchev–Trinajstić information content (AvgIpc) is 2.48. The van der Waals surface area contributed by atoms with Crippen LogP contribution in [0.25, 0.3) is 0 Å². The van der Waals surface area contributed by atoms with E-state index in [0.717, 1.165) is 30.6 Å². The van der Waals surface area contributed by atoms with Gasteiger partial charge in [0.25, 0.3) is 0 Å². The summed E-state index contributed by atoms with van der Waals surface area (Å²) in [5.74, 6) is 1.08. The van der Waals surface area contributed by atoms with Crippen LogP contribution in [0.3, 0.4) is 0 Å². The minimum absolute atomic E-state index is 0.0387. The molecule has 0 heterocycles. The second-order valence-electron chi connectivity index (χ2n) is 5.46. The van der Waals surface area contributed by atoms with Gasteiger partial charge in [-0.15, -0.1) is 0 Å². The topological polar surface area (TPSA) is 38.3 Å². The number of methoxy groups -OCH3 is 1. The second-order valence-corrected chi connectivity index (χ2v) is 5.46. The fraction of sp³-hybridized carbons (Fsp3) is 0.471. The van der Waals surface area contributed by atoms with E-state index in [9.17, 15) is 4.79 Å². The molecule has 1 N–H and O–H groups in total. The van der Waals surface area contributed by atoms with E-state index in [1.807, 2.05) is 26.0 Å². The van der Waals surface area contributed by atoms with Gasteiger partial charge >= 0.3 is 0 Å². The molecule has 0 saturated heterocycles. The molecule has 1 aromatic rings. The van der Waals surface area contributed by atoms with Crippen LogP contribution in [-0.2, 0) is 4.79 Å². The quantitative estimate of drug-likeness (QED) is 0.852. The molecule has 0 aromatic heterocycles. The lowest BCUT2D eigenvalue weighted by Gasteiger charge is -2.22. The average molecular weight is 273 g/mol. The molecular weight excluding hydrogens is 250 g/mol. The van der Waals surface area contributed by atoms with Gasteiger partial charge in [0, 0.05) is 11.5 Å². The highest BCUT2D eigenvalue weighted by Gasteiger charge is 2.21. The molecule has 3 nitrogen and oxygen atoms in total. The fourth-order valence-corrected chi connectivity index (χ4v) is 2.63. The van der Waals surface area contributed by atoms with Gasteiger partial charge in [-0.1, -0.05) is 29.8 Å². The van der Waals surface area contributed by atoms with E-state index in [1.165, 1.54) is 5.56 Å². The van der Waals surface area contributed by atoms with Crippen molar-refractivity contribution < 1.29 is 9.53 Å². The van der Waals surface area contributed by atoms with Gasteiger partial charge in [0.2, 0.25) is 5.91 Å². The maximum Gasteiger partial charge on any atom is 0.223 e. The Morgan fingerprint density at radius 1 is 1.40 bits per heavy atom. The van der Waals surface area contributed by atoms with Gasteiger partial charge in [-0.25, -0.2) is 0 Å². The standard InChI is InChI=1S/C17H23NO2/c1-12-9-10-16(20-3)15(11-12)13(2)18-17(19)14-7-5-4-6-8-14/h4-5,9-11,13-14H,6-8H2,1-3H3,(H,18,19). The highest BCUT2D eigenvalue weighted by Crippen LogP contribution is 2.27. The van der Waals surface area contributed by atoms with Crippen molar-refractivity contribution in [3.63, 3.8) is 0 Å². The Hall–Kier alpha value is -1.77. The Morgan fingerprint density at radius 3 is 2.85 bits per heavy atom. The third-order valence-corrected chi connectivity index (χ3v) is 3.85. The molecule has 0 radical (unpaired) electrons. The lowest BCUT2D eigenvalue weighted by atomic mass is 9.93. The normalized spacial score (nSPS) is 19.4. The predicted octanol–water partition coefficient (Wildman–Crippen LogP) is 3.54. The van der Waals surface area contributed by atoms with Crippen LogP contribution in [0.15, 0.2) is 30.4 Å². The highest BCUT2D eigenvalue weighted by atomic mass is 16.5. The van der Waals surface area contributed by atoms with Crippen molar-refractivity contribution in [2.45, 2.75) is 39.2 Å². The molecule has 0 fully saturated rings. The van der Waals surface area contributed by atoms with Crippen molar-refractivity contribution in [1.29, 1.82) is 0 Å². The molecule has 2 unspecified atom stereocenters. The van der Waals surface area contributed by atoms with Crippen LogP contribution in [0, 0.1) is 12.8 Å². The first kappa shape index (κ1) is 14.6. The number of allylic oxidation sites excluding steroid dienone is 2. The van der Waals surface area contributed by atoms with Crippen LogP contribution in [0.1, 0.15) is 43.4 Å². The summed E-state index contributed by atoms with van der Waals surface area (Å²) in [6, 6.07) is 6.01. The largest absolute Gasteiger partial charge is 0.496 e. The lowest BCUT2D eigenvalue weighted by molar-refractivity contribution is -0.125. The number of carbonyl (C=O) groups is 1. The SMILES string of the molecule is COc1ccc(C)cc1C(C)NC(=O)C1CC=CCC1. The molecule has 2 atom stereocenters. The number of aryl methyl sites for hydroxylation is 1. The Morgan fingerprint density at radius 2 is 2.20 bits per heavy atom. The minimum Gasteiger partial charge on any atom is -0.496 e. The summed E-state index contributed by atoms with van der Waals surface area (Å²) in [4.78, 5) is 12.3. The molecule has 0 bridgehead atoms. The molecule has 1 aliphatic rings. The van der Waals surface area contributed by atoms with Gasteiger partial charge in [0.05, 0.1) is 13.2 Å². The molecule has 1 aromatic carbocycles. The number of benzene rings is 1. The van der Waals surface area contributed by atoms with Crippen molar-refractivity contribution in [2.75, 3.05) is 7.11 Å². The second kappa shape index (κ2) is 6.60. The number of amides is 1. The fourth-order valence-electron chi connectivity index (χ4n) is 2.63. The van der Waals surface area contributed by atoms with E-state index in [4.69, 9.17) is 4.74 Å². The van der Waals surface area contributed by atoms with Gasteiger partial charge in [-0.2, -0.15) is 0 Å². The van der Waals surface area contributed by atoms with Gasteiger partial charge < -0.3 is 10.1 Å². The van der Waals surface area contributed by atoms with Crippen molar-refractivity contribution >= 4 is 5.91 Å². The third-order valence-electron chi connectivity index (χ3n) is 3.85. The summed E-state index contributed by atoms with van der Waals surface area (Å²) in [5, 5.41) is 3.12. The first-order valence-electron chi connectivity index (χ1n) is 7.21. The molecule has 1 amide bonds. The Kier molecular flexibility index (Phi) is 4.83. The molecule has 0 spiro atoms. The number of nitrogens with one attached hydrogen (secondary N) is 1. The Bertz CT molecular complexity index is 508. The van der Waals surface area contributed by atoms with Gasteiger partial charge in [0.1, 0.15) is 5.75 Å². The van der Waals surface area contributed by atoms with E-state index in [1.54, 1.807) is 7.11 Å². The summed E-state index contributed by atoms with van der Waals surface area (Å²) in [7, 11) is 1.66. The molecule has 3 heteroatoms. The van der Waals surface area contributed by atoms with Crippen LogP contribution in [0.5, 0.6) is 5.75 Å². The zero-order valence-electron chi connectivity index (χ0n) is 12.5. The van der Waals surface area contributed by atoms with E-state index >= 15 is 0 Å². The highest BCUT2D eigenvalue weighted by molar-refractivity contribution is 5.79. The minimum atomic E-state index is -0.0387. The number of ether oxygens (including phenoxy) is 1. The maximum atomic E-state index is 12.3. The van der Waals surface area contributed by atoms with Crippen LogP contribution >= 0.6 is 0 Å². The molecule has 2 rings (SSSR count). The Balaban J connectivity index is 2.07. The lowest BCUT2D eigenvalue weighted by Crippen LogP contribution is -2.33. The molecule has 108 valence electrons. The number of carbonyl (C=O) groups excluding carboxylic acids is 1. The van der Waals surface area contributed by atoms with E-state index < -0.39 is 0 Å². The van der Waals surface area contributed by atoms with Crippen molar-refractivity contribution in [3.8, 4) is 5.75 Å². The van der Waals surface area contributed by atoms with Gasteiger partial charge in [-0.3, -0.25) is 4.79 Å². The summed E-state index contributed by atoms with van der Waals surface area (Å²) in [6.45, 7) is 4.05. The summed E-state index contributed by atoms with van der Waals surface area (Å²) < 4.78 is 5.39. The van der Waals surface area contributed by atoms with Crippen LogP contribution < -0.4 is 10.1 Å². The van der Waals surface area contributed by atoms with Gasteiger partial charge in [-0.05, 0) is 39.2 Å². The van der Waals surface area contributed by atoms with Crippen LogP contribution in [0.4, 0.5) is 0 Å². The number of rotatable bonds is 4. The van der Waals surface area contributed by atoms with Crippen molar-refractivity contribution in [3.05, 3.63) is 41.5 Å². The third kappa shape index (κ3) is 3.41. The smallest absolute Gasteiger partial charge is 0.223 e. The number of hydrogen-bond donors (Lipinski definition) is 1. The predicted molar refractivity (Wildman–Crippen MR) is 80.8 cm³/mol. The molecule has 0 saturated carbocycles. The summed E-state index contributed by atoms with van der Waals surface area (Å²) in [6.07, 6.45) is 7.05. The molecule has 0 aliphatic heterocycles. The summed E-state index contributed by atoms with van der Waals surface area (Å²) >= 11 is 0. The molecular formula is C17H23NO2. The van der Waals surface area contributed by atoms with Crippen LogP contribution in [0.2, 0.25) is 0 Å². The maximum absolute atomic E-state index is 12.3. The zero-order chi connectivity index (χ0) is 14.5. The zero-order valence-corrected chi connectivity index (χ0v) is 12.5. The van der Waals surface area contributed by atoms with Crippen molar-refractivity contribution in [2.24, 2.45) is 5.92 Å². The molecule has 1 aliphatic carbocycles. The molecule has 20 heavy (non-hydrogen) atoms. The van der Waals surface area contributed by atoms with E-state index in [2.05, 4.69) is 23.5 Å². The summed E-state index contributed by atoms with van der Waals surface area (Å²) in [5.41, 5.74) is 2.20. The Labute approximate surface area is 121 Å². The first-order valence-corrected chi connectivity index (χ1v) is 7.21. The van der Waals surface area contributed by atoms with Gasteiger partial charge in [0.15, 0.2) is 0 Å². The van der Waals surface area contributed by atoms with Crippen LogP contribution in [-0.4, -0.2) is 13.0 Å². The van der Waals surface area contributed by atoms with Crippen molar-refractivity contribution in [1.82, 2.24) is 5.32 Å². The van der Waals surface area contributed by atoms with E-state index in [-0.39, 0.29) is 17.9 Å². The first-order chi connectivity index (χ1) is 9.61.